The highest BCUT2D eigenvalue weighted by atomic mass is 16.5. The van der Waals surface area contributed by atoms with Crippen molar-refractivity contribution in [1.82, 2.24) is 9.88 Å². The number of nitrogens with zero attached hydrogens (tertiary/aromatic N) is 3. The maximum Gasteiger partial charge on any atom is 0.255 e. The van der Waals surface area contributed by atoms with Crippen LogP contribution in [0.25, 0.3) is 0 Å². The molecular weight excluding hydrogens is 338 g/mol. The Morgan fingerprint density at radius 3 is 2.41 bits per heavy atom. The first kappa shape index (κ1) is 18.0. The zero-order valence-electron chi connectivity index (χ0n) is 15.7. The molecule has 0 bridgehead atoms. The molecule has 0 aliphatic carbocycles. The lowest BCUT2D eigenvalue weighted by Crippen LogP contribution is -2.39. The topological polar surface area (TPSA) is 45.7 Å². The fourth-order valence-corrected chi connectivity index (χ4v) is 3.96. The van der Waals surface area contributed by atoms with Crippen LogP contribution in [0.4, 0.5) is 5.82 Å². The molecule has 142 valence electrons. The van der Waals surface area contributed by atoms with Gasteiger partial charge in [0.15, 0.2) is 0 Å². The number of aromatic nitrogens is 1. The van der Waals surface area contributed by atoms with Crippen LogP contribution in [0.5, 0.6) is 0 Å². The Morgan fingerprint density at radius 1 is 1.00 bits per heavy atom. The van der Waals surface area contributed by atoms with Crippen LogP contribution in [0, 0.1) is 5.92 Å². The van der Waals surface area contributed by atoms with Gasteiger partial charge in [0.05, 0.1) is 18.8 Å². The van der Waals surface area contributed by atoms with Crippen molar-refractivity contribution in [3.05, 3.63) is 59.8 Å². The molecule has 0 N–H and O–H groups in total. The van der Waals surface area contributed by atoms with E-state index in [0.717, 1.165) is 64.5 Å². The minimum Gasteiger partial charge on any atom is -0.378 e. The number of hydrogen-bond acceptors (Lipinski definition) is 4. The molecule has 1 aromatic carbocycles. The van der Waals surface area contributed by atoms with Gasteiger partial charge in [-0.15, -0.1) is 0 Å². The van der Waals surface area contributed by atoms with E-state index in [4.69, 9.17) is 4.74 Å². The number of pyridine rings is 1. The van der Waals surface area contributed by atoms with Crippen molar-refractivity contribution >= 4 is 11.7 Å². The summed E-state index contributed by atoms with van der Waals surface area (Å²) in [4.78, 5) is 21.5. The van der Waals surface area contributed by atoms with Gasteiger partial charge in [-0.3, -0.25) is 4.79 Å². The maximum absolute atomic E-state index is 12.8. The summed E-state index contributed by atoms with van der Waals surface area (Å²) in [7, 11) is 0. The van der Waals surface area contributed by atoms with E-state index in [2.05, 4.69) is 40.2 Å². The summed E-state index contributed by atoms with van der Waals surface area (Å²) < 4.78 is 5.38. The summed E-state index contributed by atoms with van der Waals surface area (Å²) in [5.41, 5.74) is 2.08. The van der Waals surface area contributed by atoms with Gasteiger partial charge in [0.25, 0.3) is 5.91 Å². The highest BCUT2D eigenvalue weighted by Gasteiger charge is 2.24. The van der Waals surface area contributed by atoms with Gasteiger partial charge in [-0.2, -0.15) is 0 Å². The summed E-state index contributed by atoms with van der Waals surface area (Å²) in [6, 6.07) is 14.5. The summed E-state index contributed by atoms with van der Waals surface area (Å²) >= 11 is 0. The molecule has 2 aliphatic heterocycles. The highest BCUT2D eigenvalue weighted by molar-refractivity contribution is 5.94. The standard InChI is InChI=1S/C22H27N3O2/c26-22(20-6-7-21(23-17-20)24-12-14-27-15-13-24)25-10-8-19(9-11-25)16-18-4-2-1-3-5-18/h1-7,17,19H,8-16H2. The molecule has 0 unspecified atom stereocenters. The molecule has 0 saturated carbocycles. The SMILES string of the molecule is O=C(c1ccc(N2CCOCC2)nc1)N1CCC(Cc2ccccc2)CC1. The Kier molecular flexibility index (Phi) is 5.68. The Balaban J connectivity index is 1.31. The molecule has 5 nitrogen and oxygen atoms in total. The lowest BCUT2D eigenvalue weighted by molar-refractivity contribution is 0.0690. The summed E-state index contributed by atoms with van der Waals surface area (Å²) in [6.45, 7) is 4.86. The van der Waals surface area contributed by atoms with Crippen molar-refractivity contribution in [2.45, 2.75) is 19.3 Å². The second-order valence-electron chi connectivity index (χ2n) is 7.43. The highest BCUT2D eigenvalue weighted by Crippen LogP contribution is 2.23. The van der Waals surface area contributed by atoms with E-state index < -0.39 is 0 Å². The van der Waals surface area contributed by atoms with Crippen LogP contribution in [-0.2, 0) is 11.2 Å². The molecule has 4 rings (SSSR count). The quantitative estimate of drug-likeness (QED) is 0.836. The van der Waals surface area contributed by atoms with Crippen molar-refractivity contribution in [1.29, 1.82) is 0 Å². The van der Waals surface area contributed by atoms with E-state index in [0.29, 0.717) is 11.5 Å². The lowest BCUT2D eigenvalue weighted by Gasteiger charge is -2.32. The van der Waals surface area contributed by atoms with Gasteiger partial charge in [0, 0.05) is 32.4 Å². The monoisotopic (exact) mass is 365 g/mol. The van der Waals surface area contributed by atoms with Crippen LogP contribution < -0.4 is 4.90 Å². The normalized spacial score (nSPS) is 18.5. The molecule has 0 radical (unpaired) electrons. The number of anilines is 1. The first-order chi connectivity index (χ1) is 13.3. The van der Waals surface area contributed by atoms with Crippen molar-refractivity contribution in [2.75, 3.05) is 44.3 Å². The molecule has 27 heavy (non-hydrogen) atoms. The summed E-state index contributed by atoms with van der Waals surface area (Å²) in [5, 5.41) is 0. The van der Waals surface area contributed by atoms with Crippen LogP contribution in [0.2, 0.25) is 0 Å². The predicted octanol–water partition coefficient (Wildman–Crippen LogP) is 3.01. The van der Waals surface area contributed by atoms with Gasteiger partial charge in [-0.25, -0.2) is 4.98 Å². The van der Waals surface area contributed by atoms with Crippen LogP contribution in [0.3, 0.4) is 0 Å². The number of carbonyl (C=O) groups excluding carboxylic acids is 1. The second kappa shape index (κ2) is 8.53. The molecule has 0 spiro atoms. The van der Waals surface area contributed by atoms with Crippen LogP contribution in [-0.4, -0.2) is 55.2 Å². The third-order valence-electron chi connectivity index (χ3n) is 5.60. The number of benzene rings is 1. The molecule has 2 aromatic rings. The summed E-state index contributed by atoms with van der Waals surface area (Å²) in [5.74, 6) is 1.70. The molecule has 5 heteroatoms. The number of likely N-dealkylation sites (tertiary alicyclic amines) is 1. The maximum atomic E-state index is 12.8. The number of piperidine rings is 1. The third kappa shape index (κ3) is 4.48. The number of morpholine rings is 1. The molecule has 2 fully saturated rings. The first-order valence-corrected chi connectivity index (χ1v) is 9.91. The van der Waals surface area contributed by atoms with E-state index in [1.807, 2.05) is 17.0 Å². The van der Waals surface area contributed by atoms with Crippen LogP contribution in [0.15, 0.2) is 48.7 Å². The smallest absolute Gasteiger partial charge is 0.255 e. The van der Waals surface area contributed by atoms with E-state index in [9.17, 15) is 4.79 Å². The largest absolute Gasteiger partial charge is 0.378 e. The van der Waals surface area contributed by atoms with Gasteiger partial charge in [-0.1, -0.05) is 30.3 Å². The van der Waals surface area contributed by atoms with Crippen molar-refractivity contribution < 1.29 is 9.53 Å². The van der Waals surface area contributed by atoms with Gasteiger partial charge >= 0.3 is 0 Å². The average Bonchev–Trinajstić information content (AvgIpc) is 2.75. The number of amides is 1. The molecular formula is C22H27N3O2. The van der Waals surface area contributed by atoms with Gasteiger partial charge < -0.3 is 14.5 Å². The van der Waals surface area contributed by atoms with Crippen molar-refractivity contribution in [3.63, 3.8) is 0 Å². The Labute approximate surface area is 161 Å². The third-order valence-corrected chi connectivity index (χ3v) is 5.60. The predicted molar refractivity (Wildman–Crippen MR) is 106 cm³/mol. The zero-order valence-corrected chi connectivity index (χ0v) is 15.7. The molecule has 0 atom stereocenters. The molecule has 1 amide bonds. The Bertz CT molecular complexity index is 734. The Hall–Kier alpha value is -2.40. The number of ether oxygens (including phenoxy) is 1. The number of rotatable bonds is 4. The minimum atomic E-state index is 0.106. The van der Waals surface area contributed by atoms with Gasteiger partial charge in [-0.05, 0) is 42.9 Å². The molecule has 3 heterocycles. The summed E-state index contributed by atoms with van der Waals surface area (Å²) in [6.07, 6.45) is 4.97. The Morgan fingerprint density at radius 2 is 1.74 bits per heavy atom. The average molecular weight is 365 g/mol. The van der Waals surface area contributed by atoms with Crippen molar-refractivity contribution in [2.24, 2.45) is 5.92 Å². The van der Waals surface area contributed by atoms with E-state index in [1.165, 1.54) is 5.56 Å². The lowest BCUT2D eigenvalue weighted by atomic mass is 9.90. The fraction of sp³-hybridized carbons (Fsp3) is 0.455. The van der Waals surface area contributed by atoms with Crippen LogP contribution in [0.1, 0.15) is 28.8 Å². The molecule has 2 aliphatic rings. The van der Waals surface area contributed by atoms with E-state index >= 15 is 0 Å². The van der Waals surface area contributed by atoms with Gasteiger partial charge in [0.2, 0.25) is 0 Å². The second-order valence-corrected chi connectivity index (χ2v) is 7.43. The molecule has 2 saturated heterocycles. The first-order valence-electron chi connectivity index (χ1n) is 9.91. The van der Waals surface area contributed by atoms with Gasteiger partial charge in [0.1, 0.15) is 5.82 Å². The number of hydrogen-bond donors (Lipinski definition) is 0. The van der Waals surface area contributed by atoms with Crippen LogP contribution >= 0.6 is 0 Å². The molecule has 1 aromatic heterocycles. The zero-order chi connectivity index (χ0) is 18.5. The van der Waals surface area contributed by atoms with E-state index in [-0.39, 0.29) is 5.91 Å². The number of carbonyl (C=O) groups is 1. The fourth-order valence-electron chi connectivity index (χ4n) is 3.96. The van der Waals surface area contributed by atoms with Crippen molar-refractivity contribution in [3.8, 4) is 0 Å². The minimum absolute atomic E-state index is 0.106. The van der Waals surface area contributed by atoms with E-state index in [1.54, 1.807) is 6.20 Å².